The second-order valence-electron chi connectivity index (χ2n) is 7.61. The van der Waals surface area contributed by atoms with Gasteiger partial charge >= 0.3 is 0 Å². The molecule has 7 heteroatoms. The molecule has 0 fully saturated rings. The van der Waals surface area contributed by atoms with E-state index in [4.69, 9.17) is 16.7 Å². The van der Waals surface area contributed by atoms with Gasteiger partial charge in [0.25, 0.3) is 5.91 Å². The highest BCUT2D eigenvalue weighted by Crippen LogP contribution is 2.26. The van der Waals surface area contributed by atoms with Gasteiger partial charge < -0.3 is 5.32 Å². The van der Waals surface area contributed by atoms with Crippen LogP contribution < -0.4 is 10.7 Å². The number of hydrogen-bond acceptors (Lipinski definition) is 4. The lowest BCUT2D eigenvalue weighted by Gasteiger charge is -2.14. The molecule has 1 amide bonds. The predicted octanol–water partition coefficient (Wildman–Crippen LogP) is 4.39. The molecule has 0 unspecified atom stereocenters. The fourth-order valence-corrected chi connectivity index (χ4v) is 2.70. The summed E-state index contributed by atoms with van der Waals surface area (Å²) in [6.45, 7) is 6.38. The van der Waals surface area contributed by atoms with Gasteiger partial charge in [0.15, 0.2) is 0 Å². The van der Waals surface area contributed by atoms with Gasteiger partial charge in [-0.1, -0.05) is 62.7 Å². The van der Waals surface area contributed by atoms with Crippen molar-refractivity contribution < 1.29 is 4.79 Å². The quantitative estimate of drug-likeness (QED) is 0.468. The first-order valence-corrected chi connectivity index (χ1v) is 9.68. The van der Waals surface area contributed by atoms with Crippen LogP contribution in [0.4, 0.5) is 5.82 Å². The first-order chi connectivity index (χ1) is 13.8. The van der Waals surface area contributed by atoms with E-state index in [9.17, 15) is 4.79 Å². The van der Waals surface area contributed by atoms with Crippen molar-refractivity contribution >= 4 is 29.5 Å². The number of anilines is 1. The number of benzene rings is 2. The molecule has 1 aromatic heterocycles. The summed E-state index contributed by atoms with van der Waals surface area (Å²) in [5.41, 5.74) is 5.11. The van der Waals surface area contributed by atoms with Crippen molar-refractivity contribution in [3.63, 3.8) is 0 Å². The minimum atomic E-state index is -0.256. The van der Waals surface area contributed by atoms with Gasteiger partial charge in [0.1, 0.15) is 5.82 Å². The van der Waals surface area contributed by atoms with Gasteiger partial charge in [-0.3, -0.25) is 4.79 Å². The lowest BCUT2D eigenvalue weighted by Crippen LogP contribution is -2.26. The number of nitrogens with zero attached hydrogens (tertiary/aromatic N) is 3. The Labute approximate surface area is 175 Å². The molecule has 2 aromatic carbocycles. The Morgan fingerprint density at radius 2 is 1.83 bits per heavy atom. The zero-order valence-corrected chi connectivity index (χ0v) is 17.4. The fourth-order valence-electron chi connectivity index (χ4n) is 2.58. The summed E-state index contributed by atoms with van der Waals surface area (Å²) in [5.74, 6) is 0.492. The van der Waals surface area contributed by atoms with Gasteiger partial charge in [0.2, 0.25) is 0 Å². The highest BCUT2D eigenvalue weighted by Gasteiger charge is 2.20. The molecule has 1 heterocycles. The monoisotopic (exact) mass is 409 g/mol. The second-order valence-corrected chi connectivity index (χ2v) is 8.05. The van der Waals surface area contributed by atoms with Crippen LogP contribution in [0.2, 0.25) is 5.02 Å². The van der Waals surface area contributed by atoms with E-state index in [1.807, 2.05) is 53.2 Å². The Kier molecular flexibility index (Phi) is 6.34. The van der Waals surface area contributed by atoms with E-state index in [-0.39, 0.29) is 17.9 Å². The Morgan fingerprint density at radius 1 is 1.14 bits per heavy atom. The van der Waals surface area contributed by atoms with E-state index in [1.54, 1.807) is 18.3 Å². The van der Waals surface area contributed by atoms with Gasteiger partial charge in [-0.05, 0) is 29.8 Å². The first kappa shape index (κ1) is 20.6. The van der Waals surface area contributed by atoms with Crippen molar-refractivity contribution in [3.8, 4) is 5.69 Å². The summed E-state index contributed by atoms with van der Waals surface area (Å²) >= 11 is 5.85. The third kappa shape index (κ3) is 5.68. The number of carbonyl (C=O) groups excluding carboxylic acids is 1. The van der Waals surface area contributed by atoms with Crippen LogP contribution in [0, 0.1) is 0 Å². The van der Waals surface area contributed by atoms with Gasteiger partial charge in [0, 0.05) is 16.5 Å². The van der Waals surface area contributed by atoms with E-state index in [2.05, 4.69) is 36.6 Å². The number of aromatic nitrogens is 2. The molecule has 6 nitrogen and oxygen atoms in total. The molecule has 0 aliphatic heterocycles. The van der Waals surface area contributed by atoms with Gasteiger partial charge in [-0.15, -0.1) is 0 Å². The topological polar surface area (TPSA) is 71.3 Å². The van der Waals surface area contributed by atoms with Crippen molar-refractivity contribution in [1.82, 2.24) is 15.2 Å². The first-order valence-electron chi connectivity index (χ1n) is 9.30. The lowest BCUT2D eigenvalue weighted by atomic mass is 9.92. The zero-order chi connectivity index (χ0) is 20.9. The minimum absolute atomic E-state index is 0.0695. The van der Waals surface area contributed by atoms with Crippen LogP contribution in [-0.2, 0) is 10.2 Å². The van der Waals surface area contributed by atoms with Crippen LogP contribution in [0.15, 0.2) is 65.8 Å². The van der Waals surface area contributed by atoms with Crippen LogP contribution in [0.5, 0.6) is 0 Å². The number of para-hydroxylation sites is 1. The molecular formula is C22H24ClN5O. The minimum Gasteiger partial charge on any atom is -0.361 e. The Balaban J connectivity index is 1.67. The molecule has 0 aliphatic rings. The summed E-state index contributed by atoms with van der Waals surface area (Å²) in [6, 6.07) is 19.0. The van der Waals surface area contributed by atoms with Crippen LogP contribution >= 0.6 is 11.6 Å². The molecule has 0 aliphatic carbocycles. The smallest absolute Gasteiger partial charge is 0.259 e. The predicted molar refractivity (Wildman–Crippen MR) is 118 cm³/mol. The molecule has 3 rings (SSSR count). The summed E-state index contributed by atoms with van der Waals surface area (Å²) < 4.78 is 1.81. The maximum atomic E-state index is 12.2. The molecule has 0 spiro atoms. The van der Waals surface area contributed by atoms with Gasteiger partial charge in [0.05, 0.1) is 24.1 Å². The summed E-state index contributed by atoms with van der Waals surface area (Å²) in [6.07, 6.45) is 1.57. The SMILES string of the molecule is CC(C)(C)c1cc(NCC(=O)NN=Cc2ccc(Cl)cc2)n(-c2ccccc2)n1. The molecule has 0 bridgehead atoms. The molecular weight excluding hydrogens is 386 g/mol. The van der Waals surface area contributed by atoms with Crippen molar-refractivity contribution in [2.45, 2.75) is 26.2 Å². The largest absolute Gasteiger partial charge is 0.361 e. The van der Waals surface area contributed by atoms with Crippen LogP contribution in [0.25, 0.3) is 5.69 Å². The molecule has 150 valence electrons. The number of amides is 1. The maximum absolute atomic E-state index is 12.2. The number of halogens is 1. The number of nitrogens with one attached hydrogen (secondary N) is 2. The number of hydrogen-bond donors (Lipinski definition) is 2. The number of hydrazone groups is 1. The summed E-state index contributed by atoms with van der Waals surface area (Å²) in [7, 11) is 0. The molecule has 0 saturated carbocycles. The zero-order valence-electron chi connectivity index (χ0n) is 16.7. The summed E-state index contributed by atoms with van der Waals surface area (Å²) in [4.78, 5) is 12.2. The average molecular weight is 410 g/mol. The van der Waals surface area contributed by atoms with Crippen molar-refractivity contribution in [3.05, 3.63) is 76.9 Å². The van der Waals surface area contributed by atoms with E-state index >= 15 is 0 Å². The van der Waals surface area contributed by atoms with E-state index in [1.165, 1.54) is 0 Å². The van der Waals surface area contributed by atoms with E-state index in [0.717, 1.165) is 22.8 Å². The number of rotatable bonds is 6. The van der Waals surface area contributed by atoms with Crippen molar-refractivity contribution in [2.75, 3.05) is 11.9 Å². The highest BCUT2D eigenvalue weighted by atomic mass is 35.5. The molecule has 0 atom stereocenters. The average Bonchev–Trinajstić information content (AvgIpc) is 3.13. The third-order valence-electron chi connectivity index (χ3n) is 4.18. The van der Waals surface area contributed by atoms with Gasteiger partial charge in [-0.2, -0.15) is 10.2 Å². The van der Waals surface area contributed by atoms with E-state index < -0.39 is 0 Å². The van der Waals surface area contributed by atoms with Crippen LogP contribution in [0.3, 0.4) is 0 Å². The lowest BCUT2D eigenvalue weighted by molar-refractivity contribution is -0.119. The summed E-state index contributed by atoms with van der Waals surface area (Å²) in [5, 5.41) is 12.5. The molecule has 0 saturated heterocycles. The van der Waals surface area contributed by atoms with Crippen LogP contribution in [-0.4, -0.2) is 28.4 Å². The fraction of sp³-hybridized carbons (Fsp3) is 0.227. The normalized spacial score (nSPS) is 11.6. The standard InChI is InChI=1S/C22H24ClN5O/c1-22(2,3)19-13-20(28(27-19)18-7-5-4-6-8-18)24-15-21(29)26-25-14-16-9-11-17(23)12-10-16/h4-14,24H,15H2,1-3H3,(H,26,29). The second kappa shape index (κ2) is 8.92. The highest BCUT2D eigenvalue weighted by molar-refractivity contribution is 6.30. The molecule has 2 N–H and O–H groups in total. The Morgan fingerprint density at radius 3 is 2.48 bits per heavy atom. The third-order valence-corrected chi connectivity index (χ3v) is 4.43. The number of carbonyl (C=O) groups is 1. The molecule has 3 aromatic rings. The Hall–Kier alpha value is -3.12. The molecule has 0 radical (unpaired) electrons. The molecule has 29 heavy (non-hydrogen) atoms. The van der Waals surface area contributed by atoms with E-state index in [0.29, 0.717) is 5.02 Å². The van der Waals surface area contributed by atoms with Crippen LogP contribution in [0.1, 0.15) is 32.0 Å². The Bertz CT molecular complexity index is 988. The maximum Gasteiger partial charge on any atom is 0.259 e. The van der Waals surface area contributed by atoms with Crippen molar-refractivity contribution in [1.29, 1.82) is 0 Å². The van der Waals surface area contributed by atoms with Gasteiger partial charge in [-0.25, -0.2) is 10.1 Å². The van der Waals surface area contributed by atoms with Crippen molar-refractivity contribution in [2.24, 2.45) is 5.10 Å².